The van der Waals surface area contributed by atoms with Gasteiger partial charge in [0.25, 0.3) is 5.91 Å². The normalized spacial score (nSPS) is 11.5. The van der Waals surface area contributed by atoms with Crippen molar-refractivity contribution in [3.63, 3.8) is 0 Å². The van der Waals surface area contributed by atoms with Crippen LogP contribution >= 0.6 is 0 Å². The fourth-order valence-electron chi connectivity index (χ4n) is 1.96. The van der Waals surface area contributed by atoms with E-state index in [9.17, 15) is 13.6 Å². The van der Waals surface area contributed by atoms with Crippen LogP contribution in [0, 0.1) is 17.0 Å². The van der Waals surface area contributed by atoms with Crippen LogP contribution < -0.4 is 5.73 Å². The number of benzene rings is 1. The Balaban J connectivity index is 3.06. The van der Waals surface area contributed by atoms with Crippen molar-refractivity contribution in [3.8, 4) is 0 Å². The number of rotatable bonds is 6. The smallest absolute Gasteiger partial charge is 0.259 e. The highest BCUT2D eigenvalue weighted by Crippen LogP contribution is 2.20. The lowest BCUT2D eigenvalue weighted by Gasteiger charge is -2.32. The number of hydrogen-bond donors (Lipinski definition) is 1. The van der Waals surface area contributed by atoms with Crippen LogP contribution in [-0.2, 0) is 0 Å². The van der Waals surface area contributed by atoms with Gasteiger partial charge in [0.2, 0.25) is 0 Å². The maximum absolute atomic E-state index is 13.7. The Hall–Kier alpha value is -1.49. The molecule has 0 aliphatic carbocycles. The number of halogens is 2. The van der Waals surface area contributed by atoms with Gasteiger partial charge in [-0.05, 0) is 30.5 Å². The van der Waals surface area contributed by atoms with Crippen LogP contribution in [0.2, 0.25) is 0 Å². The van der Waals surface area contributed by atoms with E-state index in [0.29, 0.717) is 26.1 Å². The van der Waals surface area contributed by atoms with Crippen molar-refractivity contribution >= 4 is 5.91 Å². The minimum atomic E-state index is -0.832. The van der Waals surface area contributed by atoms with Gasteiger partial charge in [0.15, 0.2) is 0 Å². The molecule has 0 spiro atoms. The summed E-state index contributed by atoms with van der Waals surface area (Å²) in [5, 5.41) is 0. The van der Waals surface area contributed by atoms with Crippen LogP contribution in [0.4, 0.5) is 8.78 Å². The molecule has 0 heterocycles. The largest absolute Gasteiger partial charge is 0.338 e. The highest BCUT2D eigenvalue weighted by molar-refractivity contribution is 5.94. The second-order valence-electron chi connectivity index (χ2n) is 5.69. The van der Waals surface area contributed by atoms with Crippen molar-refractivity contribution in [2.45, 2.75) is 27.2 Å². The highest BCUT2D eigenvalue weighted by atomic mass is 19.1. The third-order valence-corrected chi connectivity index (χ3v) is 3.13. The van der Waals surface area contributed by atoms with Crippen molar-refractivity contribution < 1.29 is 13.6 Å². The SMILES string of the molecule is CCCN(CC(C)(C)CN)C(=O)c1c(F)cccc1F. The van der Waals surface area contributed by atoms with Gasteiger partial charge in [0, 0.05) is 13.1 Å². The van der Waals surface area contributed by atoms with Crippen LogP contribution in [0.5, 0.6) is 0 Å². The van der Waals surface area contributed by atoms with E-state index < -0.39 is 23.1 Å². The van der Waals surface area contributed by atoms with Gasteiger partial charge in [-0.3, -0.25) is 4.79 Å². The molecule has 20 heavy (non-hydrogen) atoms. The molecule has 0 bridgehead atoms. The van der Waals surface area contributed by atoms with Gasteiger partial charge in [-0.2, -0.15) is 0 Å². The van der Waals surface area contributed by atoms with E-state index in [1.54, 1.807) is 0 Å². The molecule has 3 nitrogen and oxygen atoms in total. The average Bonchev–Trinajstić information content (AvgIpc) is 2.37. The van der Waals surface area contributed by atoms with Gasteiger partial charge in [-0.25, -0.2) is 8.78 Å². The first kappa shape index (κ1) is 16.6. The zero-order valence-electron chi connectivity index (χ0n) is 12.2. The molecular weight excluding hydrogens is 262 g/mol. The van der Waals surface area contributed by atoms with Gasteiger partial charge in [-0.15, -0.1) is 0 Å². The Morgan fingerprint density at radius 2 is 1.85 bits per heavy atom. The maximum atomic E-state index is 13.7. The summed E-state index contributed by atoms with van der Waals surface area (Å²) in [4.78, 5) is 13.8. The van der Waals surface area contributed by atoms with E-state index in [0.717, 1.165) is 12.1 Å². The molecule has 1 amide bonds. The Kier molecular flexibility index (Phi) is 5.62. The Morgan fingerprint density at radius 1 is 1.30 bits per heavy atom. The molecule has 0 aliphatic rings. The third-order valence-electron chi connectivity index (χ3n) is 3.13. The summed E-state index contributed by atoms with van der Waals surface area (Å²) in [6.07, 6.45) is 0.711. The van der Waals surface area contributed by atoms with Crippen molar-refractivity contribution in [2.75, 3.05) is 19.6 Å². The van der Waals surface area contributed by atoms with Gasteiger partial charge < -0.3 is 10.6 Å². The molecule has 1 aromatic carbocycles. The molecule has 112 valence electrons. The molecule has 1 aromatic rings. The molecule has 0 aliphatic heterocycles. The Bertz CT molecular complexity index is 455. The quantitative estimate of drug-likeness (QED) is 0.873. The van der Waals surface area contributed by atoms with Crippen LogP contribution in [0.1, 0.15) is 37.6 Å². The standard InChI is InChI=1S/C15H22F2N2O/c1-4-8-19(10-15(2,3)9-18)14(20)13-11(16)6-5-7-12(13)17/h5-7H,4,8-10,18H2,1-3H3. The van der Waals surface area contributed by atoms with Crippen LogP contribution in [0.15, 0.2) is 18.2 Å². The van der Waals surface area contributed by atoms with Gasteiger partial charge in [-0.1, -0.05) is 26.8 Å². The summed E-state index contributed by atoms with van der Waals surface area (Å²) >= 11 is 0. The molecule has 0 radical (unpaired) electrons. The lowest BCUT2D eigenvalue weighted by Crippen LogP contribution is -2.43. The van der Waals surface area contributed by atoms with E-state index in [4.69, 9.17) is 5.73 Å². The second kappa shape index (κ2) is 6.79. The minimum absolute atomic E-state index is 0.299. The summed E-state index contributed by atoms with van der Waals surface area (Å²) in [6.45, 7) is 6.94. The average molecular weight is 284 g/mol. The number of hydrogen-bond acceptors (Lipinski definition) is 2. The van der Waals surface area contributed by atoms with E-state index in [2.05, 4.69) is 0 Å². The number of nitrogens with two attached hydrogens (primary N) is 1. The zero-order valence-corrected chi connectivity index (χ0v) is 12.2. The molecule has 0 atom stereocenters. The summed E-state index contributed by atoms with van der Waals surface area (Å²) in [5.74, 6) is -2.28. The van der Waals surface area contributed by atoms with Crippen molar-refractivity contribution in [1.82, 2.24) is 4.90 Å². The first-order valence-corrected chi connectivity index (χ1v) is 6.75. The fourth-order valence-corrected chi connectivity index (χ4v) is 1.96. The van der Waals surface area contributed by atoms with Crippen molar-refractivity contribution in [3.05, 3.63) is 35.4 Å². The second-order valence-corrected chi connectivity index (χ2v) is 5.69. The van der Waals surface area contributed by atoms with E-state index in [-0.39, 0.29) is 5.41 Å². The Morgan fingerprint density at radius 3 is 2.30 bits per heavy atom. The number of carbonyl (C=O) groups excluding carboxylic acids is 1. The first-order chi connectivity index (χ1) is 9.32. The number of amides is 1. The molecule has 0 saturated carbocycles. The van der Waals surface area contributed by atoms with Gasteiger partial charge in [0.1, 0.15) is 17.2 Å². The molecule has 1 rings (SSSR count). The molecule has 5 heteroatoms. The molecule has 0 aromatic heterocycles. The van der Waals surface area contributed by atoms with Gasteiger partial charge in [0.05, 0.1) is 0 Å². The molecule has 2 N–H and O–H groups in total. The van der Waals surface area contributed by atoms with Crippen LogP contribution in [0.25, 0.3) is 0 Å². The number of carbonyl (C=O) groups is 1. The Labute approximate surface area is 118 Å². The lowest BCUT2D eigenvalue weighted by atomic mass is 9.92. The highest BCUT2D eigenvalue weighted by Gasteiger charge is 2.27. The van der Waals surface area contributed by atoms with Crippen LogP contribution in [0.3, 0.4) is 0 Å². The number of nitrogens with zero attached hydrogens (tertiary/aromatic N) is 1. The summed E-state index contributed by atoms with van der Waals surface area (Å²) in [5.41, 5.74) is 4.87. The maximum Gasteiger partial charge on any atom is 0.259 e. The zero-order chi connectivity index (χ0) is 15.3. The topological polar surface area (TPSA) is 46.3 Å². The fraction of sp³-hybridized carbons (Fsp3) is 0.533. The monoisotopic (exact) mass is 284 g/mol. The predicted octanol–water partition coefficient (Wildman–Crippen LogP) is 2.80. The first-order valence-electron chi connectivity index (χ1n) is 6.75. The molecule has 0 unspecified atom stereocenters. The minimum Gasteiger partial charge on any atom is -0.338 e. The van der Waals surface area contributed by atoms with Crippen LogP contribution in [-0.4, -0.2) is 30.4 Å². The van der Waals surface area contributed by atoms with E-state index in [1.807, 2.05) is 20.8 Å². The predicted molar refractivity (Wildman–Crippen MR) is 75.4 cm³/mol. The lowest BCUT2D eigenvalue weighted by molar-refractivity contribution is 0.0679. The van der Waals surface area contributed by atoms with E-state index >= 15 is 0 Å². The van der Waals surface area contributed by atoms with Crippen molar-refractivity contribution in [1.29, 1.82) is 0 Å². The molecular formula is C15H22F2N2O. The summed E-state index contributed by atoms with van der Waals surface area (Å²) in [6, 6.07) is 3.43. The third kappa shape index (κ3) is 4.00. The molecule has 0 fully saturated rings. The summed E-state index contributed by atoms with van der Waals surface area (Å²) in [7, 11) is 0. The molecule has 0 saturated heterocycles. The van der Waals surface area contributed by atoms with Crippen molar-refractivity contribution in [2.24, 2.45) is 11.1 Å². The van der Waals surface area contributed by atoms with E-state index in [1.165, 1.54) is 11.0 Å². The summed E-state index contributed by atoms with van der Waals surface area (Å²) < 4.78 is 27.4. The van der Waals surface area contributed by atoms with Gasteiger partial charge >= 0.3 is 0 Å².